The second kappa shape index (κ2) is 5.55. The van der Waals surface area contributed by atoms with E-state index in [2.05, 4.69) is 4.98 Å². The molecule has 0 saturated carbocycles. The molecule has 132 valence electrons. The topological polar surface area (TPSA) is 92.4 Å². The summed E-state index contributed by atoms with van der Waals surface area (Å²) in [5, 5.41) is 0.206. The fourth-order valence-corrected chi connectivity index (χ4v) is 3.21. The number of pyridine rings is 1. The minimum absolute atomic E-state index is 0.0106. The van der Waals surface area contributed by atoms with E-state index in [-0.39, 0.29) is 23.2 Å². The number of cyclic esters (lactones) is 1. The van der Waals surface area contributed by atoms with Gasteiger partial charge in [0.15, 0.2) is 0 Å². The summed E-state index contributed by atoms with van der Waals surface area (Å²) in [4.78, 5) is 41.8. The summed E-state index contributed by atoms with van der Waals surface area (Å²) < 4.78 is 12.6. The zero-order chi connectivity index (χ0) is 18.6. The van der Waals surface area contributed by atoms with Crippen LogP contribution in [0.5, 0.6) is 5.75 Å². The van der Waals surface area contributed by atoms with Crippen LogP contribution in [0.1, 0.15) is 16.1 Å². The van der Waals surface area contributed by atoms with Gasteiger partial charge in [0, 0.05) is 19.7 Å². The van der Waals surface area contributed by atoms with Gasteiger partial charge in [0.1, 0.15) is 18.0 Å². The summed E-state index contributed by atoms with van der Waals surface area (Å²) in [5.41, 5.74) is 0.969. The second-order valence-corrected chi connectivity index (χ2v) is 6.02. The number of nitrogens with zero attached hydrogens (tertiary/aromatic N) is 3. The van der Waals surface area contributed by atoms with Crippen LogP contribution in [0.4, 0.5) is 0 Å². The maximum absolute atomic E-state index is 12.9. The number of aromatic nitrogens is 3. The van der Waals surface area contributed by atoms with Gasteiger partial charge >= 0.3 is 11.7 Å². The molecular formula is C18H15N3O5. The molecule has 0 bridgehead atoms. The van der Waals surface area contributed by atoms with Gasteiger partial charge in [-0.2, -0.15) is 0 Å². The van der Waals surface area contributed by atoms with Gasteiger partial charge in [-0.15, -0.1) is 0 Å². The van der Waals surface area contributed by atoms with Gasteiger partial charge in [0.2, 0.25) is 0 Å². The van der Waals surface area contributed by atoms with Crippen molar-refractivity contribution in [1.29, 1.82) is 0 Å². The van der Waals surface area contributed by atoms with Crippen LogP contribution in [0.3, 0.4) is 0 Å². The van der Waals surface area contributed by atoms with E-state index in [4.69, 9.17) is 9.47 Å². The Bertz CT molecular complexity index is 1190. The lowest BCUT2D eigenvalue weighted by Crippen LogP contribution is -2.37. The Hall–Kier alpha value is -3.42. The standard InChI is InChI=1S/C18H15N3O5/c1-20-15-14(16(22)21(2)18(20)24)12(9-4-6-10(25-3)7-5-9)13-11(19-15)8-26-17(13)23/h4-7H,8H2,1-3H3. The average Bonchev–Trinajstić information content (AvgIpc) is 3.04. The quantitative estimate of drug-likeness (QED) is 0.638. The van der Waals surface area contributed by atoms with Crippen molar-refractivity contribution >= 4 is 17.0 Å². The fourth-order valence-electron chi connectivity index (χ4n) is 3.21. The Balaban J connectivity index is 2.22. The van der Waals surface area contributed by atoms with Gasteiger partial charge in [-0.3, -0.25) is 13.9 Å². The van der Waals surface area contributed by atoms with E-state index in [9.17, 15) is 14.4 Å². The Morgan fingerprint density at radius 3 is 2.38 bits per heavy atom. The second-order valence-electron chi connectivity index (χ2n) is 6.02. The number of esters is 1. The Labute approximate surface area is 147 Å². The predicted octanol–water partition coefficient (Wildman–Crippen LogP) is 0.978. The number of hydrogen-bond acceptors (Lipinski definition) is 6. The lowest BCUT2D eigenvalue weighted by molar-refractivity contribution is 0.0534. The van der Waals surface area contributed by atoms with Crippen LogP contribution in [0.15, 0.2) is 33.9 Å². The molecule has 4 rings (SSSR count). The third-order valence-electron chi connectivity index (χ3n) is 4.59. The largest absolute Gasteiger partial charge is 0.497 e. The molecule has 8 heteroatoms. The molecule has 1 aliphatic heterocycles. The minimum Gasteiger partial charge on any atom is -0.497 e. The predicted molar refractivity (Wildman–Crippen MR) is 93.3 cm³/mol. The summed E-state index contributed by atoms with van der Waals surface area (Å²) in [6.45, 7) is 0.0106. The molecule has 0 unspecified atom stereocenters. The maximum atomic E-state index is 12.9. The molecule has 3 aromatic rings. The van der Waals surface area contributed by atoms with Crippen LogP contribution in [0, 0.1) is 0 Å². The molecule has 3 heterocycles. The first-order chi connectivity index (χ1) is 12.4. The molecule has 1 aliphatic rings. The first-order valence-electron chi connectivity index (χ1n) is 7.88. The van der Waals surface area contributed by atoms with E-state index in [1.54, 1.807) is 38.4 Å². The number of fused-ring (bicyclic) bond motifs is 2. The van der Waals surface area contributed by atoms with Crippen molar-refractivity contribution in [3.8, 4) is 16.9 Å². The van der Waals surface area contributed by atoms with Crippen molar-refractivity contribution in [1.82, 2.24) is 14.1 Å². The van der Waals surface area contributed by atoms with Crippen molar-refractivity contribution < 1.29 is 14.3 Å². The highest BCUT2D eigenvalue weighted by Crippen LogP contribution is 2.35. The zero-order valence-corrected chi connectivity index (χ0v) is 14.4. The highest BCUT2D eigenvalue weighted by molar-refractivity contribution is 6.08. The smallest absolute Gasteiger partial charge is 0.341 e. The molecule has 8 nitrogen and oxygen atoms in total. The van der Waals surface area contributed by atoms with Crippen LogP contribution in [-0.4, -0.2) is 27.2 Å². The third-order valence-corrected chi connectivity index (χ3v) is 4.59. The Morgan fingerprint density at radius 2 is 1.73 bits per heavy atom. The number of ether oxygens (including phenoxy) is 2. The maximum Gasteiger partial charge on any atom is 0.341 e. The van der Waals surface area contributed by atoms with Gasteiger partial charge in [0.25, 0.3) is 5.56 Å². The monoisotopic (exact) mass is 353 g/mol. The van der Waals surface area contributed by atoms with Crippen LogP contribution < -0.4 is 16.0 Å². The number of carbonyl (C=O) groups is 1. The molecule has 0 saturated heterocycles. The molecule has 0 spiro atoms. The van der Waals surface area contributed by atoms with Crippen LogP contribution in [0.25, 0.3) is 22.2 Å². The van der Waals surface area contributed by atoms with Gasteiger partial charge in [0.05, 0.1) is 23.8 Å². The number of carbonyl (C=O) groups excluding carboxylic acids is 1. The SMILES string of the molecule is COc1ccc(-c2c3c(nc4c2c(=O)n(C)c(=O)n4C)COC3=O)cc1. The third kappa shape index (κ3) is 2.08. The highest BCUT2D eigenvalue weighted by atomic mass is 16.5. The number of hydrogen-bond donors (Lipinski definition) is 0. The number of aryl methyl sites for hydroxylation is 1. The van der Waals surface area contributed by atoms with Crippen molar-refractivity contribution in [3.05, 3.63) is 56.4 Å². The molecule has 0 amide bonds. The number of methoxy groups -OCH3 is 1. The van der Waals surface area contributed by atoms with Gasteiger partial charge in [-0.1, -0.05) is 12.1 Å². The van der Waals surface area contributed by atoms with E-state index in [0.29, 0.717) is 22.6 Å². The summed E-state index contributed by atoms with van der Waals surface area (Å²) >= 11 is 0. The zero-order valence-electron chi connectivity index (χ0n) is 14.4. The molecule has 0 radical (unpaired) electrons. The summed E-state index contributed by atoms with van der Waals surface area (Å²) in [5.74, 6) is 0.114. The van der Waals surface area contributed by atoms with Crippen molar-refractivity contribution in [2.75, 3.05) is 7.11 Å². The molecule has 2 aromatic heterocycles. The first-order valence-corrected chi connectivity index (χ1v) is 7.88. The summed E-state index contributed by atoms with van der Waals surface area (Å²) in [6, 6.07) is 6.98. The van der Waals surface area contributed by atoms with Crippen molar-refractivity contribution in [2.24, 2.45) is 14.1 Å². The molecule has 26 heavy (non-hydrogen) atoms. The molecule has 0 fully saturated rings. The van der Waals surface area contributed by atoms with Gasteiger partial charge in [-0.25, -0.2) is 14.6 Å². The lowest BCUT2D eigenvalue weighted by Gasteiger charge is -2.13. The highest BCUT2D eigenvalue weighted by Gasteiger charge is 2.31. The van der Waals surface area contributed by atoms with Gasteiger partial charge in [-0.05, 0) is 17.7 Å². The molecule has 0 atom stereocenters. The first kappa shape index (κ1) is 16.1. The van der Waals surface area contributed by atoms with E-state index in [0.717, 1.165) is 4.57 Å². The fraction of sp³-hybridized carbons (Fsp3) is 0.222. The number of rotatable bonds is 2. The van der Waals surface area contributed by atoms with E-state index >= 15 is 0 Å². The molecular weight excluding hydrogens is 338 g/mol. The molecule has 0 aliphatic carbocycles. The summed E-state index contributed by atoms with van der Waals surface area (Å²) in [7, 11) is 4.49. The average molecular weight is 353 g/mol. The van der Waals surface area contributed by atoms with E-state index in [1.807, 2.05) is 0 Å². The lowest BCUT2D eigenvalue weighted by atomic mass is 9.96. The Kier molecular flexibility index (Phi) is 3.43. The van der Waals surface area contributed by atoms with Crippen LogP contribution in [-0.2, 0) is 25.4 Å². The molecule has 0 N–H and O–H groups in total. The number of benzene rings is 1. The molecule has 1 aromatic carbocycles. The van der Waals surface area contributed by atoms with Crippen LogP contribution >= 0.6 is 0 Å². The summed E-state index contributed by atoms with van der Waals surface area (Å²) in [6.07, 6.45) is 0. The van der Waals surface area contributed by atoms with Crippen molar-refractivity contribution in [2.45, 2.75) is 6.61 Å². The van der Waals surface area contributed by atoms with Gasteiger partial charge < -0.3 is 9.47 Å². The Morgan fingerprint density at radius 1 is 1.04 bits per heavy atom. The van der Waals surface area contributed by atoms with Crippen LogP contribution in [0.2, 0.25) is 0 Å². The normalized spacial score (nSPS) is 13.0. The van der Waals surface area contributed by atoms with E-state index < -0.39 is 17.2 Å². The minimum atomic E-state index is -0.531. The van der Waals surface area contributed by atoms with Crippen molar-refractivity contribution in [3.63, 3.8) is 0 Å². The van der Waals surface area contributed by atoms with E-state index in [1.165, 1.54) is 11.6 Å².